The van der Waals surface area contributed by atoms with Crippen LogP contribution in [-0.4, -0.2) is 62.1 Å². The smallest absolute Gasteiger partial charge is 0.247 e. The first kappa shape index (κ1) is 17.0. The lowest BCUT2D eigenvalue weighted by Gasteiger charge is -2.23. The van der Waals surface area contributed by atoms with Crippen LogP contribution in [-0.2, 0) is 11.3 Å². The second-order valence-corrected chi connectivity index (χ2v) is 7.49. The van der Waals surface area contributed by atoms with Gasteiger partial charge in [-0.05, 0) is 33.2 Å². The Labute approximate surface area is 146 Å². The molecule has 0 aromatic carbocycles. The lowest BCUT2D eigenvalue weighted by atomic mass is 10.1. The Balaban J connectivity index is 1.50. The fourth-order valence-corrected chi connectivity index (χ4v) is 4.06. The molecule has 2 atom stereocenters. The van der Waals surface area contributed by atoms with Crippen molar-refractivity contribution >= 4 is 17.2 Å². The zero-order valence-electron chi connectivity index (χ0n) is 14.4. The largest absolute Gasteiger partial charge is 0.341 e. The maximum atomic E-state index is 12.6. The predicted molar refractivity (Wildman–Crippen MR) is 92.6 cm³/mol. The Kier molecular flexibility index (Phi) is 5.25. The minimum absolute atomic E-state index is 0.129. The molecule has 2 aromatic heterocycles. The van der Waals surface area contributed by atoms with Crippen LogP contribution < -0.4 is 0 Å². The van der Waals surface area contributed by atoms with Crippen LogP contribution in [0.3, 0.4) is 0 Å². The van der Waals surface area contributed by atoms with E-state index in [-0.39, 0.29) is 11.9 Å². The van der Waals surface area contributed by atoms with Crippen molar-refractivity contribution in [3.05, 3.63) is 28.7 Å². The summed E-state index contributed by atoms with van der Waals surface area (Å²) in [5.74, 6) is 0.652. The SMILES string of the molecule is Cc1ncsc1CN(C)C[C@H]1CCN(C(=O)[C@H](C)n2cncn2)C1. The average molecular weight is 348 g/mol. The van der Waals surface area contributed by atoms with Crippen LogP contribution in [0, 0.1) is 12.8 Å². The molecule has 3 rings (SSSR count). The Morgan fingerprint density at radius 3 is 3.04 bits per heavy atom. The summed E-state index contributed by atoms with van der Waals surface area (Å²) in [4.78, 5) is 26.4. The van der Waals surface area contributed by atoms with E-state index in [2.05, 4.69) is 33.9 Å². The maximum absolute atomic E-state index is 12.6. The van der Waals surface area contributed by atoms with Gasteiger partial charge < -0.3 is 9.80 Å². The van der Waals surface area contributed by atoms with Crippen LogP contribution in [0.15, 0.2) is 18.2 Å². The van der Waals surface area contributed by atoms with Gasteiger partial charge >= 0.3 is 0 Å². The first-order chi connectivity index (χ1) is 11.5. The van der Waals surface area contributed by atoms with Gasteiger partial charge in [0.25, 0.3) is 0 Å². The van der Waals surface area contributed by atoms with E-state index in [4.69, 9.17) is 0 Å². The van der Waals surface area contributed by atoms with Crippen molar-refractivity contribution < 1.29 is 4.79 Å². The number of aromatic nitrogens is 4. The molecule has 24 heavy (non-hydrogen) atoms. The number of nitrogens with zero attached hydrogens (tertiary/aromatic N) is 6. The van der Waals surface area contributed by atoms with Gasteiger partial charge in [0.05, 0.1) is 11.2 Å². The predicted octanol–water partition coefficient (Wildman–Crippen LogP) is 1.58. The van der Waals surface area contributed by atoms with E-state index in [0.717, 1.165) is 38.3 Å². The topological polar surface area (TPSA) is 67.2 Å². The normalized spacial score (nSPS) is 19.2. The number of thiazole rings is 1. The van der Waals surface area contributed by atoms with Gasteiger partial charge in [-0.2, -0.15) is 5.10 Å². The Morgan fingerprint density at radius 2 is 2.38 bits per heavy atom. The first-order valence-electron chi connectivity index (χ1n) is 8.25. The van der Waals surface area contributed by atoms with Crippen molar-refractivity contribution in [3.63, 3.8) is 0 Å². The summed E-state index contributed by atoms with van der Waals surface area (Å²) in [6, 6.07) is -0.288. The van der Waals surface area contributed by atoms with Crippen LogP contribution in [0.25, 0.3) is 0 Å². The fraction of sp³-hybridized carbons (Fsp3) is 0.625. The molecular weight excluding hydrogens is 324 g/mol. The molecule has 130 valence electrons. The van der Waals surface area contributed by atoms with Gasteiger partial charge in [0.2, 0.25) is 5.91 Å². The van der Waals surface area contributed by atoms with Gasteiger partial charge in [-0.1, -0.05) is 0 Å². The molecule has 3 heterocycles. The molecule has 1 saturated heterocycles. The number of rotatable bonds is 6. The zero-order chi connectivity index (χ0) is 17.1. The quantitative estimate of drug-likeness (QED) is 0.793. The summed E-state index contributed by atoms with van der Waals surface area (Å²) in [5.41, 5.74) is 3.02. The molecule has 7 nitrogen and oxygen atoms in total. The molecule has 0 unspecified atom stereocenters. The van der Waals surface area contributed by atoms with E-state index in [0.29, 0.717) is 5.92 Å². The lowest BCUT2D eigenvalue weighted by molar-refractivity contribution is -0.133. The number of hydrogen-bond donors (Lipinski definition) is 0. The summed E-state index contributed by atoms with van der Waals surface area (Å²) in [5, 5.41) is 4.07. The van der Waals surface area contributed by atoms with Crippen molar-refractivity contribution in [3.8, 4) is 0 Å². The van der Waals surface area contributed by atoms with E-state index in [9.17, 15) is 4.79 Å². The van der Waals surface area contributed by atoms with Crippen molar-refractivity contribution in [2.45, 2.75) is 32.9 Å². The summed E-state index contributed by atoms with van der Waals surface area (Å²) in [6.07, 6.45) is 4.12. The van der Waals surface area contributed by atoms with E-state index in [1.165, 1.54) is 11.2 Å². The molecule has 0 saturated carbocycles. The molecule has 0 bridgehead atoms. The number of carbonyl (C=O) groups excluding carboxylic acids is 1. The summed E-state index contributed by atoms with van der Waals surface area (Å²) < 4.78 is 1.62. The number of hydrogen-bond acceptors (Lipinski definition) is 6. The lowest BCUT2D eigenvalue weighted by Crippen LogP contribution is -2.36. The van der Waals surface area contributed by atoms with Crippen LogP contribution in [0.2, 0.25) is 0 Å². The molecule has 0 N–H and O–H groups in total. The second-order valence-electron chi connectivity index (χ2n) is 6.55. The number of aryl methyl sites for hydroxylation is 1. The van der Waals surface area contributed by atoms with Crippen molar-refractivity contribution in [2.75, 3.05) is 26.7 Å². The summed E-state index contributed by atoms with van der Waals surface area (Å²) >= 11 is 1.71. The average Bonchev–Trinajstić information content (AvgIpc) is 3.29. The summed E-state index contributed by atoms with van der Waals surface area (Å²) in [7, 11) is 2.14. The monoisotopic (exact) mass is 348 g/mol. The maximum Gasteiger partial charge on any atom is 0.247 e. The highest BCUT2D eigenvalue weighted by Gasteiger charge is 2.30. The third kappa shape index (κ3) is 3.81. The molecule has 1 amide bonds. The number of likely N-dealkylation sites (tertiary alicyclic amines) is 1. The van der Waals surface area contributed by atoms with Crippen LogP contribution in [0.4, 0.5) is 0 Å². The molecule has 8 heteroatoms. The third-order valence-corrected chi connectivity index (χ3v) is 5.54. The molecule has 0 radical (unpaired) electrons. The molecule has 2 aromatic rings. The van der Waals surface area contributed by atoms with Crippen LogP contribution >= 0.6 is 11.3 Å². The standard InChI is InChI=1S/C16H24N6OS/c1-12-15(24-11-18-12)8-20(3)6-14-4-5-21(7-14)16(23)13(2)22-10-17-9-19-22/h9-11,13-14H,4-8H2,1-3H3/t13-,14+/m0/s1. The minimum atomic E-state index is -0.288. The summed E-state index contributed by atoms with van der Waals surface area (Å²) in [6.45, 7) is 7.51. The van der Waals surface area contributed by atoms with Crippen LogP contribution in [0.5, 0.6) is 0 Å². The Morgan fingerprint density at radius 1 is 1.54 bits per heavy atom. The molecular formula is C16H24N6OS. The second kappa shape index (κ2) is 7.40. The zero-order valence-corrected chi connectivity index (χ0v) is 15.2. The molecule has 0 aliphatic carbocycles. The van der Waals surface area contributed by atoms with Gasteiger partial charge in [0, 0.05) is 31.1 Å². The van der Waals surface area contributed by atoms with Gasteiger partial charge in [-0.3, -0.25) is 4.79 Å². The van der Waals surface area contributed by atoms with E-state index in [1.807, 2.05) is 17.3 Å². The number of amides is 1. The molecule has 1 aliphatic rings. The van der Waals surface area contributed by atoms with E-state index in [1.54, 1.807) is 22.3 Å². The van der Waals surface area contributed by atoms with Crippen molar-refractivity contribution in [2.24, 2.45) is 5.92 Å². The minimum Gasteiger partial charge on any atom is -0.341 e. The van der Waals surface area contributed by atoms with Gasteiger partial charge in [-0.15, -0.1) is 11.3 Å². The Hall–Kier alpha value is -1.80. The Bertz CT molecular complexity index is 670. The first-order valence-corrected chi connectivity index (χ1v) is 9.13. The van der Waals surface area contributed by atoms with E-state index >= 15 is 0 Å². The van der Waals surface area contributed by atoms with Gasteiger partial charge in [-0.25, -0.2) is 14.6 Å². The molecule has 1 aliphatic heterocycles. The van der Waals surface area contributed by atoms with Crippen LogP contribution in [0.1, 0.15) is 30.0 Å². The van der Waals surface area contributed by atoms with Crippen molar-refractivity contribution in [1.29, 1.82) is 0 Å². The highest BCUT2D eigenvalue weighted by molar-refractivity contribution is 7.09. The van der Waals surface area contributed by atoms with Gasteiger partial charge in [0.1, 0.15) is 18.7 Å². The highest BCUT2D eigenvalue weighted by atomic mass is 32.1. The highest BCUT2D eigenvalue weighted by Crippen LogP contribution is 2.22. The van der Waals surface area contributed by atoms with Crippen molar-refractivity contribution in [1.82, 2.24) is 29.5 Å². The fourth-order valence-electron chi connectivity index (χ4n) is 3.21. The molecule has 0 spiro atoms. The molecule has 1 fully saturated rings. The van der Waals surface area contributed by atoms with Gasteiger partial charge in [0.15, 0.2) is 0 Å². The number of carbonyl (C=O) groups is 1. The third-order valence-electron chi connectivity index (χ3n) is 4.62. The van der Waals surface area contributed by atoms with E-state index < -0.39 is 0 Å².